The molecule has 4 nitrogen and oxygen atoms in total. The average molecular weight is 332 g/mol. The molecule has 0 unspecified atom stereocenters. The first kappa shape index (κ1) is 30.5. The molecular weight excluding hydrogens is 304 g/mol. The van der Waals surface area contributed by atoms with Crippen molar-refractivity contribution < 1.29 is 41.5 Å². The van der Waals surface area contributed by atoms with Crippen LogP contribution in [-0.4, -0.2) is 24.4 Å². The Morgan fingerprint density at radius 2 is 0.412 bits per heavy atom. The SMILES string of the molecule is CC(C)[O-].CC(C)[O-].CC(C)[O-].CC(C)[O-].[Mo+4]. The second-order valence-electron chi connectivity index (χ2n) is 4.20. The molecule has 0 heterocycles. The van der Waals surface area contributed by atoms with E-state index in [1.54, 1.807) is 55.4 Å². The van der Waals surface area contributed by atoms with Crippen molar-refractivity contribution in [3.8, 4) is 0 Å². The van der Waals surface area contributed by atoms with E-state index >= 15 is 0 Å². The van der Waals surface area contributed by atoms with E-state index in [9.17, 15) is 20.4 Å². The van der Waals surface area contributed by atoms with Crippen molar-refractivity contribution in [1.82, 2.24) is 0 Å². The summed E-state index contributed by atoms with van der Waals surface area (Å²) in [5.41, 5.74) is 0. The van der Waals surface area contributed by atoms with Crippen LogP contribution in [0.1, 0.15) is 55.4 Å². The van der Waals surface area contributed by atoms with Crippen LogP contribution in [0.3, 0.4) is 0 Å². The van der Waals surface area contributed by atoms with Crippen molar-refractivity contribution in [3.05, 3.63) is 0 Å². The summed E-state index contributed by atoms with van der Waals surface area (Å²) in [6.07, 6.45) is -1.67. The van der Waals surface area contributed by atoms with Crippen molar-refractivity contribution in [2.24, 2.45) is 0 Å². The van der Waals surface area contributed by atoms with Crippen LogP contribution in [0.5, 0.6) is 0 Å². The van der Waals surface area contributed by atoms with E-state index in [-0.39, 0.29) is 21.1 Å². The Bertz CT molecular complexity index is 61.5. The molecule has 106 valence electrons. The van der Waals surface area contributed by atoms with E-state index in [2.05, 4.69) is 0 Å². The van der Waals surface area contributed by atoms with Crippen molar-refractivity contribution in [2.45, 2.75) is 79.8 Å². The molecule has 0 aliphatic carbocycles. The van der Waals surface area contributed by atoms with Crippen LogP contribution in [0.15, 0.2) is 0 Å². The van der Waals surface area contributed by atoms with Gasteiger partial charge in [0.25, 0.3) is 0 Å². The van der Waals surface area contributed by atoms with Crippen molar-refractivity contribution >= 4 is 0 Å². The molecule has 0 aromatic carbocycles. The zero-order chi connectivity index (χ0) is 14.3. The Labute approximate surface area is 121 Å². The Morgan fingerprint density at radius 3 is 0.412 bits per heavy atom. The molecule has 0 bridgehead atoms. The third-order valence-electron chi connectivity index (χ3n) is 0. The number of rotatable bonds is 0. The molecular formula is C12H28MoO4. The first-order chi connectivity index (χ1) is 6.93. The summed E-state index contributed by atoms with van der Waals surface area (Å²) in [4.78, 5) is 0. The summed E-state index contributed by atoms with van der Waals surface area (Å²) in [5.74, 6) is 0. The van der Waals surface area contributed by atoms with E-state index in [0.717, 1.165) is 0 Å². The van der Waals surface area contributed by atoms with Crippen molar-refractivity contribution in [3.63, 3.8) is 0 Å². The molecule has 0 rings (SSSR count). The van der Waals surface area contributed by atoms with Gasteiger partial charge in [0, 0.05) is 0 Å². The quantitative estimate of drug-likeness (QED) is 0.533. The van der Waals surface area contributed by atoms with Gasteiger partial charge in [-0.25, -0.2) is 0 Å². The van der Waals surface area contributed by atoms with Gasteiger partial charge in [-0.05, 0) is 0 Å². The molecule has 0 amide bonds. The topological polar surface area (TPSA) is 92.2 Å². The second kappa shape index (κ2) is 25.4. The fourth-order valence-corrected chi connectivity index (χ4v) is 0. The van der Waals surface area contributed by atoms with Crippen LogP contribution in [0.2, 0.25) is 0 Å². The van der Waals surface area contributed by atoms with Gasteiger partial charge >= 0.3 is 21.1 Å². The van der Waals surface area contributed by atoms with Gasteiger partial charge < -0.3 is 20.4 Å². The normalized spacial score (nSPS) is 8.47. The Hall–Kier alpha value is 0.528. The van der Waals surface area contributed by atoms with Crippen molar-refractivity contribution in [2.75, 3.05) is 0 Å². The van der Waals surface area contributed by atoms with Crippen molar-refractivity contribution in [1.29, 1.82) is 0 Å². The van der Waals surface area contributed by atoms with Crippen LogP contribution in [0.25, 0.3) is 0 Å². The third-order valence-corrected chi connectivity index (χ3v) is 0. The molecule has 17 heavy (non-hydrogen) atoms. The molecule has 0 N–H and O–H groups in total. The maximum absolute atomic E-state index is 9.53. The smallest absolute Gasteiger partial charge is 0.852 e. The molecule has 0 aliphatic rings. The second-order valence-corrected chi connectivity index (χ2v) is 4.20. The first-order valence-corrected chi connectivity index (χ1v) is 5.56. The van der Waals surface area contributed by atoms with Gasteiger partial charge in [0.05, 0.1) is 0 Å². The standard InChI is InChI=1S/4C3H7O.Mo/c4*1-3(2)4;/h4*3H,1-2H3;/q4*-1;+4. The monoisotopic (exact) mass is 334 g/mol. The fourth-order valence-electron chi connectivity index (χ4n) is 0. The minimum atomic E-state index is -0.417. The summed E-state index contributed by atoms with van der Waals surface area (Å²) >= 11 is 0. The van der Waals surface area contributed by atoms with E-state index in [1.807, 2.05) is 0 Å². The maximum Gasteiger partial charge on any atom is 4.00 e. The molecule has 0 spiro atoms. The molecule has 0 aromatic rings. The summed E-state index contributed by atoms with van der Waals surface area (Å²) in [6.45, 7) is 12.9. The Morgan fingerprint density at radius 1 is 0.412 bits per heavy atom. The molecule has 0 radical (unpaired) electrons. The van der Waals surface area contributed by atoms with Crippen LogP contribution < -0.4 is 20.4 Å². The summed E-state index contributed by atoms with van der Waals surface area (Å²) in [5, 5.41) is 38.1. The van der Waals surface area contributed by atoms with Gasteiger partial charge in [-0.1, -0.05) is 55.4 Å². The molecule has 5 heteroatoms. The maximum atomic E-state index is 9.53. The van der Waals surface area contributed by atoms with Gasteiger partial charge in [0.1, 0.15) is 0 Å². The van der Waals surface area contributed by atoms with E-state index in [1.165, 1.54) is 0 Å². The Balaban J connectivity index is -0.0000000369. The van der Waals surface area contributed by atoms with Crippen LogP contribution >= 0.6 is 0 Å². The van der Waals surface area contributed by atoms with E-state index in [0.29, 0.717) is 0 Å². The van der Waals surface area contributed by atoms with E-state index in [4.69, 9.17) is 0 Å². The molecule has 0 atom stereocenters. The van der Waals surface area contributed by atoms with E-state index < -0.39 is 24.4 Å². The van der Waals surface area contributed by atoms with Gasteiger partial charge in [-0.15, -0.1) is 24.4 Å². The molecule has 0 aliphatic heterocycles. The summed E-state index contributed by atoms with van der Waals surface area (Å²) < 4.78 is 0. The zero-order valence-corrected chi connectivity index (χ0v) is 14.4. The molecule has 0 fully saturated rings. The predicted octanol–water partition coefficient (Wildman–Crippen LogP) is -0.982. The minimum absolute atomic E-state index is 0. The molecule has 0 saturated heterocycles. The minimum Gasteiger partial charge on any atom is -0.852 e. The third kappa shape index (κ3) is 12500. The van der Waals surface area contributed by atoms with Gasteiger partial charge in [-0.2, -0.15) is 0 Å². The molecule has 0 aromatic heterocycles. The fraction of sp³-hybridized carbons (Fsp3) is 1.00. The van der Waals surface area contributed by atoms with Crippen LogP contribution in [0, 0.1) is 0 Å². The first-order valence-electron chi connectivity index (χ1n) is 5.56. The average Bonchev–Trinajstić information content (AvgIpc) is 1.76. The van der Waals surface area contributed by atoms with Gasteiger partial charge in [-0.3, -0.25) is 0 Å². The largest absolute Gasteiger partial charge is 4.00 e. The summed E-state index contributed by atoms with van der Waals surface area (Å²) in [7, 11) is 0. The van der Waals surface area contributed by atoms with Crippen LogP contribution in [0.4, 0.5) is 0 Å². The molecule has 0 saturated carbocycles. The summed E-state index contributed by atoms with van der Waals surface area (Å²) in [6, 6.07) is 0. The predicted molar refractivity (Wildman–Crippen MR) is 60.5 cm³/mol. The number of hydrogen-bond acceptors (Lipinski definition) is 4. The van der Waals surface area contributed by atoms with Gasteiger partial charge in [0.2, 0.25) is 0 Å². The van der Waals surface area contributed by atoms with Crippen LogP contribution in [-0.2, 0) is 21.1 Å². The zero-order valence-electron chi connectivity index (χ0n) is 12.4. The van der Waals surface area contributed by atoms with Gasteiger partial charge in [0.15, 0.2) is 0 Å². The Kier molecular flexibility index (Phi) is 45.6. The number of hydrogen-bond donors (Lipinski definition) is 0.